The summed E-state index contributed by atoms with van der Waals surface area (Å²) in [5.74, 6) is -1.37. The number of esters is 2. The fourth-order valence-electron chi connectivity index (χ4n) is 3.04. The first-order valence-corrected chi connectivity index (χ1v) is 9.16. The maximum Gasteiger partial charge on any atom is 0.355 e. The van der Waals surface area contributed by atoms with E-state index in [1.165, 1.54) is 23.1 Å². The Morgan fingerprint density at radius 3 is 2.45 bits per heavy atom. The summed E-state index contributed by atoms with van der Waals surface area (Å²) in [5, 5.41) is 11.8. The second kappa shape index (κ2) is 9.72. The summed E-state index contributed by atoms with van der Waals surface area (Å²) in [6.07, 6.45) is 0. The number of ether oxygens (including phenoxy) is 4. The number of nitro benzene ring substituents is 1. The van der Waals surface area contributed by atoms with E-state index in [0.717, 1.165) is 19.8 Å². The van der Waals surface area contributed by atoms with Crippen LogP contribution in [-0.4, -0.2) is 44.4 Å². The van der Waals surface area contributed by atoms with Crippen LogP contribution >= 0.6 is 0 Å². The molecule has 0 saturated heterocycles. The van der Waals surface area contributed by atoms with Gasteiger partial charge in [0.1, 0.15) is 30.5 Å². The molecule has 0 N–H and O–H groups in total. The van der Waals surface area contributed by atoms with Crippen molar-refractivity contribution in [3.63, 3.8) is 0 Å². The van der Waals surface area contributed by atoms with Crippen LogP contribution in [0.5, 0.6) is 5.75 Å². The first-order valence-electron chi connectivity index (χ1n) is 9.16. The SMILES string of the molecule is COC(=O)C1=C(C(=O)OC)N(c2ccc(OCc3ccccc3)cc2[N+](=O)[O-])COC1. The molecule has 10 nitrogen and oxygen atoms in total. The van der Waals surface area contributed by atoms with Crippen molar-refractivity contribution in [1.82, 2.24) is 0 Å². The van der Waals surface area contributed by atoms with Gasteiger partial charge in [-0.2, -0.15) is 0 Å². The number of benzene rings is 2. The maximum atomic E-state index is 12.4. The molecule has 0 spiro atoms. The highest BCUT2D eigenvalue weighted by atomic mass is 16.6. The molecule has 1 aliphatic rings. The maximum absolute atomic E-state index is 12.4. The summed E-state index contributed by atoms with van der Waals surface area (Å²) < 4.78 is 20.5. The van der Waals surface area contributed by atoms with Gasteiger partial charge in [-0.1, -0.05) is 30.3 Å². The molecule has 0 radical (unpaired) electrons. The second-order valence-corrected chi connectivity index (χ2v) is 6.40. The van der Waals surface area contributed by atoms with Crippen molar-refractivity contribution in [3.05, 3.63) is 75.5 Å². The Balaban J connectivity index is 1.99. The normalized spacial score (nSPS) is 13.5. The predicted molar refractivity (Wildman–Crippen MR) is 108 cm³/mol. The minimum absolute atomic E-state index is 0.0403. The van der Waals surface area contributed by atoms with Gasteiger partial charge in [-0.15, -0.1) is 0 Å². The van der Waals surface area contributed by atoms with Crippen molar-refractivity contribution >= 4 is 23.3 Å². The first kappa shape index (κ1) is 21.8. The topological polar surface area (TPSA) is 117 Å². The van der Waals surface area contributed by atoms with Crippen molar-refractivity contribution in [2.45, 2.75) is 6.61 Å². The molecule has 10 heteroatoms. The van der Waals surface area contributed by atoms with Crippen LogP contribution in [0.1, 0.15) is 5.56 Å². The first-order chi connectivity index (χ1) is 15.0. The molecule has 162 valence electrons. The number of rotatable bonds is 7. The number of hydrogen-bond donors (Lipinski definition) is 0. The molecule has 0 bridgehead atoms. The quantitative estimate of drug-likeness (QED) is 0.372. The van der Waals surface area contributed by atoms with Gasteiger partial charge < -0.3 is 23.8 Å². The van der Waals surface area contributed by atoms with Crippen molar-refractivity contribution in [1.29, 1.82) is 0 Å². The highest BCUT2D eigenvalue weighted by Gasteiger charge is 2.35. The summed E-state index contributed by atoms with van der Waals surface area (Å²) in [6.45, 7) is -0.167. The molecule has 0 atom stereocenters. The van der Waals surface area contributed by atoms with E-state index in [-0.39, 0.29) is 48.3 Å². The average Bonchev–Trinajstić information content (AvgIpc) is 2.81. The number of methoxy groups -OCH3 is 2. The van der Waals surface area contributed by atoms with Gasteiger partial charge in [-0.3, -0.25) is 10.1 Å². The van der Waals surface area contributed by atoms with E-state index in [2.05, 4.69) is 0 Å². The van der Waals surface area contributed by atoms with Gasteiger partial charge in [0.2, 0.25) is 0 Å². The fourth-order valence-corrected chi connectivity index (χ4v) is 3.04. The lowest BCUT2D eigenvalue weighted by molar-refractivity contribution is -0.384. The van der Waals surface area contributed by atoms with E-state index >= 15 is 0 Å². The van der Waals surface area contributed by atoms with E-state index < -0.39 is 16.9 Å². The number of carbonyl (C=O) groups is 2. The van der Waals surface area contributed by atoms with E-state index in [0.29, 0.717) is 0 Å². The van der Waals surface area contributed by atoms with Crippen molar-refractivity contribution in [2.24, 2.45) is 0 Å². The van der Waals surface area contributed by atoms with Gasteiger partial charge in [0, 0.05) is 0 Å². The molecule has 1 aliphatic heterocycles. The second-order valence-electron chi connectivity index (χ2n) is 6.40. The Labute approximate surface area is 177 Å². The highest BCUT2D eigenvalue weighted by molar-refractivity contribution is 6.03. The monoisotopic (exact) mass is 428 g/mol. The smallest absolute Gasteiger partial charge is 0.355 e. The van der Waals surface area contributed by atoms with Crippen LogP contribution in [0.2, 0.25) is 0 Å². The molecule has 31 heavy (non-hydrogen) atoms. The highest BCUT2D eigenvalue weighted by Crippen LogP contribution is 2.36. The minimum atomic E-state index is -0.845. The average molecular weight is 428 g/mol. The van der Waals surface area contributed by atoms with Crippen LogP contribution in [0.3, 0.4) is 0 Å². The molecule has 2 aromatic carbocycles. The van der Waals surface area contributed by atoms with Crippen LogP contribution in [0.25, 0.3) is 0 Å². The lowest BCUT2D eigenvalue weighted by Gasteiger charge is -2.31. The zero-order valence-corrected chi connectivity index (χ0v) is 16.9. The van der Waals surface area contributed by atoms with Gasteiger partial charge in [-0.05, 0) is 17.7 Å². The molecule has 2 aromatic rings. The van der Waals surface area contributed by atoms with Gasteiger partial charge in [0.15, 0.2) is 0 Å². The Morgan fingerprint density at radius 1 is 1.10 bits per heavy atom. The van der Waals surface area contributed by atoms with E-state index in [4.69, 9.17) is 18.9 Å². The zero-order chi connectivity index (χ0) is 22.4. The summed E-state index contributed by atoms with van der Waals surface area (Å²) in [6, 6.07) is 13.5. The van der Waals surface area contributed by atoms with Crippen LogP contribution < -0.4 is 9.64 Å². The number of nitrogens with zero attached hydrogens (tertiary/aromatic N) is 2. The van der Waals surface area contributed by atoms with Gasteiger partial charge in [0.25, 0.3) is 5.69 Å². The number of anilines is 1. The predicted octanol–water partition coefficient (Wildman–Crippen LogP) is 2.57. The standard InChI is InChI=1S/C21H20N2O8/c1-28-20(24)16-12-30-13-22(19(16)21(25)29-2)17-9-8-15(10-18(17)23(26)27)31-11-14-6-4-3-5-7-14/h3-10H,11-13H2,1-2H3. The number of carbonyl (C=O) groups excluding carboxylic acids is 2. The van der Waals surface area contributed by atoms with Crippen LogP contribution in [0.15, 0.2) is 59.8 Å². The molecule has 0 aliphatic carbocycles. The van der Waals surface area contributed by atoms with E-state index in [1.807, 2.05) is 30.3 Å². The summed E-state index contributed by atoms with van der Waals surface area (Å²) >= 11 is 0. The lowest BCUT2D eigenvalue weighted by Crippen LogP contribution is -2.39. The number of nitro groups is 1. The molecule has 0 aromatic heterocycles. The Hall–Kier alpha value is -3.92. The Kier molecular flexibility index (Phi) is 6.83. The molecule has 0 amide bonds. The van der Waals surface area contributed by atoms with Gasteiger partial charge in [-0.25, -0.2) is 9.59 Å². The minimum Gasteiger partial charge on any atom is -0.489 e. The Morgan fingerprint density at radius 2 is 1.81 bits per heavy atom. The van der Waals surface area contributed by atoms with Crippen molar-refractivity contribution < 1.29 is 33.5 Å². The molecular weight excluding hydrogens is 408 g/mol. The van der Waals surface area contributed by atoms with Crippen LogP contribution in [0.4, 0.5) is 11.4 Å². The van der Waals surface area contributed by atoms with Crippen molar-refractivity contribution in [3.8, 4) is 5.75 Å². The van der Waals surface area contributed by atoms with E-state index in [9.17, 15) is 19.7 Å². The van der Waals surface area contributed by atoms with Crippen LogP contribution in [0, 0.1) is 10.1 Å². The van der Waals surface area contributed by atoms with Crippen molar-refractivity contribution in [2.75, 3.05) is 32.5 Å². The third kappa shape index (κ3) is 4.81. The molecule has 1 heterocycles. The van der Waals surface area contributed by atoms with E-state index in [1.54, 1.807) is 0 Å². The third-order valence-electron chi connectivity index (χ3n) is 4.52. The molecule has 0 fully saturated rings. The number of hydrogen-bond acceptors (Lipinski definition) is 9. The molecule has 3 rings (SSSR count). The lowest BCUT2D eigenvalue weighted by atomic mass is 10.1. The third-order valence-corrected chi connectivity index (χ3v) is 4.52. The summed E-state index contributed by atoms with van der Waals surface area (Å²) in [4.78, 5) is 36.9. The summed E-state index contributed by atoms with van der Waals surface area (Å²) in [5.41, 5.74) is 0.332. The molecular formula is C21H20N2O8. The van der Waals surface area contributed by atoms with Gasteiger partial charge >= 0.3 is 11.9 Å². The zero-order valence-electron chi connectivity index (χ0n) is 16.9. The summed E-state index contributed by atoms with van der Waals surface area (Å²) in [7, 11) is 2.30. The fraction of sp³-hybridized carbons (Fsp3) is 0.238. The molecule has 0 unspecified atom stereocenters. The largest absolute Gasteiger partial charge is 0.489 e. The Bertz CT molecular complexity index is 1020. The van der Waals surface area contributed by atoms with Crippen LogP contribution in [-0.2, 0) is 30.4 Å². The van der Waals surface area contributed by atoms with Gasteiger partial charge in [0.05, 0.1) is 37.4 Å². The molecule has 0 saturated carbocycles.